The summed E-state index contributed by atoms with van der Waals surface area (Å²) in [6.07, 6.45) is 6.20. The first-order valence-corrected chi connectivity index (χ1v) is 9.50. The zero-order chi connectivity index (χ0) is 17.6. The summed E-state index contributed by atoms with van der Waals surface area (Å²) in [5.74, 6) is 0.604. The third-order valence-electron chi connectivity index (χ3n) is 5.35. The third kappa shape index (κ3) is 6.18. The fourth-order valence-corrected chi connectivity index (χ4v) is 4.03. The molecular formula is C21H35FNO+. The molecule has 0 saturated carbocycles. The molecule has 1 fully saturated rings. The van der Waals surface area contributed by atoms with Crippen molar-refractivity contribution in [3.05, 3.63) is 35.6 Å². The number of hydrogen-bond donors (Lipinski definition) is 1. The summed E-state index contributed by atoms with van der Waals surface area (Å²) in [7, 11) is 0. The monoisotopic (exact) mass is 336 g/mol. The maximum atomic E-state index is 13.0. The summed E-state index contributed by atoms with van der Waals surface area (Å²) in [4.78, 5) is 0. The van der Waals surface area contributed by atoms with Crippen LogP contribution in [0.1, 0.15) is 65.4 Å². The van der Waals surface area contributed by atoms with Crippen molar-refractivity contribution in [1.82, 2.24) is 0 Å². The van der Waals surface area contributed by atoms with Gasteiger partial charge in [-0.2, -0.15) is 0 Å². The Labute approximate surface area is 147 Å². The van der Waals surface area contributed by atoms with Crippen molar-refractivity contribution in [3.8, 4) is 0 Å². The van der Waals surface area contributed by atoms with Gasteiger partial charge in [0.15, 0.2) is 0 Å². The SMILES string of the molecule is CC(C)CC[C@]1(CC[NH2+]Cc2ccc(F)cc2)CCOC(C)(C)C1. The van der Waals surface area contributed by atoms with Crippen LogP contribution in [0.2, 0.25) is 0 Å². The highest BCUT2D eigenvalue weighted by molar-refractivity contribution is 5.14. The van der Waals surface area contributed by atoms with E-state index in [1.807, 2.05) is 12.1 Å². The van der Waals surface area contributed by atoms with Gasteiger partial charge >= 0.3 is 0 Å². The van der Waals surface area contributed by atoms with E-state index in [-0.39, 0.29) is 11.4 Å². The van der Waals surface area contributed by atoms with Crippen molar-refractivity contribution in [2.75, 3.05) is 13.2 Å². The highest BCUT2D eigenvalue weighted by Gasteiger charge is 2.40. The van der Waals surface area contributed by atoms with Gasteiger partial charge in [0.1, 0.15) is 12.4 Å². The smallest absolute Gasteiger partial charge is 0.123 e. The van der Waals surface area contributed by atoms with Crippen molar-refractivity contribution in [2.24, 2.45) is 11.3 Å². The summed E-state index contributed by atoms with van der Waals surface area (Å²) in [6, 6.07) is 6.87. The van der Waals surface area contributed by atoms with Gasteiger partial charge in [0.2, 0.25) is 0 Å². The van der Waals surface area contributed by atoms with Gasteiger partial charge in [0.05, 0.1) is 12.1 Å². The largest absolute Gasteiger partial charge is 0.376 e. The molecule has 1 atom stereocenters. The van der Waals surface area contributed by atoms with Crippen LogP contribution in [-0.2, 0) is 11.3 Å². The Bertz CT molecular complexity index is 497. The zero-order valence-electron chi connectivity index (χ0n) is 15.9. The van der Waals surface area contributed by atoms with E-state index in [1.165, 1.54) is 31.2 Å². The quantitative estimate of drug-likeness (QED) is 0.704. The van der Waals surface area contributed by atoms with E-state index >= 15 is 0 Å². The minimum absolute atomic E-state index is 0.00614. The van der Waals surface area contributed by atoms with Gasteiger partial charge in [-0.15, -0.1) is 0 Å². The fraction of sp³-hybridized carbons (Fsp3) is 0.714. The molecule has 0 radical (unpaired) electrons. The molecule has 1 aromatic carbocycles. The molecular weight excluding hydrogens is 301 g/mol. The lowest BCUT2D eigenvalue weighted by molar-refractivity contribution is -0.672. The van der Waals surface area contributed by atoms with E-state index in [9.17, 15) is 4.39 Å². The average Bonchev–Trinajstić information content (AvgIpc) is 2.51. The molecule has 0 spiro atoms. The van der Waals surface area contributed by atoms with Gasteiger partial charge < -0.3 is 10.1 Å². The number of rotatable bonds is 8. The number of ether oxygens (including phenoxy) is 1. The van der Waals surface area contributed by atoms with E-state index < -0.39 is 0 Å². The lowest BCUT2D eigenvalue weighted by Crippen LogP contribution is -2.83. The Kier molecular flexibility index (Phi) is 6.82. The molecule has 2 nitrogen and oxygen atoms in total. The van der Waals surface area contributed by atoms with Crippen LogP contribution in [0.15, 0.2) is 24.3 Å². The molecule has 0 bridgehead atoms. The minimum Gasteiger partial charge on any atom is -0.376 e. The third-order valence-corrected chi connectivity index (χ3v) is 5.35. The lowest BCUT2D eigenvalue weighted by atomic mass is 9.68. The molecule has 0 aromatic heterocycles. The summed E-state index contributed by atoms with van der Waals surface area (Å²) >= 11 is 0. The Balaban J connectivity index is 1.87. The number of quaternary nitrogens is 1. The zero-order valence-corrected chi connectivity index (χ0v) is 15.9. The maximum Gasteiger partial charge on any atom is 0.123 e. The van der Waals surface area contributed by atoms with E-state index in [2.05, 4.69) is 33.0 Å². The van der Waals surface area contributed by atoms with Crippen LogP contribution in [-0.4, -0.2) is 18.8 Å². The van der Waals surface area contributed by atoms with Crippen molar-refractivity contribution in [3.63, 3.8) is 0 Å². The molecule has 1 heterocycles. The fourth-order valence-electron chi connectivity index (χ4n) is 4.03. The number of nitrogens with two attached hydrogens (primary N) is 1. The molecule has 0 unspecified atom stereocenters. The first-order chi connectivity index (χ1) is 11.3. The van der Waals surface area contributed by atoms with Crippen LogP contribution in [0.3, 0.4) is 0 Å². The van der Waals surface area contributed by atoms with Gasteiger partial charge in [0, 0.05) is 18.6 Å². The molecule has 2 N–H and O–H groups in total. The number of benzene rings is 1. The normalized spacial score (nSPS) is 23.6. The molecule has 0 amide bonds. The standard InChI is InChI=1S/C21H34FNO/c1-17(2)9-10-21(12-14-24-20(3,4)16-21)11-13-23-15-18-5-7-19(22)8-6-18/h5-8,17,23H,9-16H2,1-4H3/p+1/t21-/m0/s1. The first kappa shape index (κ1) is 19.4. The predicted molar refractivity (Wildman–Crippen MR) is 97.3 cm³/mol. The molecule has 136 valence electrons. The van der Waals surface area contributed by atoms with Crippen LogP contribution < -0.4 is 5.32 Å². The summed E-state index contributed by atoms with van der Waals surface area (Å²) < 4.78 is 18.9. The van der Waals surface area contributed by atoms with Crippen molar-refractivity contribution in [1.29, 1.82) is 0 Å². The van der Waals surface area contributed by atoms with E-state index in [4.69, 9.17) is 4.74 Å². The van der Waals surface area contributed by atoms with Gasteiger partial charge in [-0.25, -0.2) is 4.39 Å². The number of halogens is 1. The first-order valence-electron chi connectivity index (χ1n) is 9.50. The molecule has 1 saturated heterocycles. The highest BCUT2D eigenvalue weighted by Crippen LogP contribution is 2.45. The predicted octanol–water partition coefficient (Wildman–Crippen LogP) is 4.29. The Morgan fingerprint density at radius 2 is 1.88 bits per heavy atom. The molecule has 1 aliphatic heterocycles. The van der Waals surface area contributed by atoms with Gasteiger partial charge in [-0.05, 0) is 56.6 Å². The second-order valence-electron chi connectivity index (χ2n) is 8.63. The minimum atomic E-state index is -0.157. The second kappa shape index (κ2) is 8.44. The van der Waals surface area contributed by atoms with E-state index in [0.29, 0.717) is 5.41 Å². The van der Waals surface area contributed by atoms with Crippen LogP contribution in [0.4, 0.5) is 4.39 Å². The van der Waals surface area contributed by atoms with Crippen LogP contribution in [0.25, 0.3) is 0 Å². The van der Waals surface area contributed by atoms with Gasteiger partial charge in [-0.3, -0.25) is 0 Å². The Hall–Kier alpha value is -0.930. The van der Waals surface area contributed by atoms with Gasteiger partial charge in [-0.1, -0.05) is 32.4 Å². The molecule has 2 rings (SSSR count). The Morgan fingerprint density at radius 1 is 1.17 bits per heavy atom. The molecule has 0 aliphatic carbocycles. The molecule has 1 aliphatic rings. The number of hydrogen-bond acceptors (Lipinski definition) is 1. The second-order valence-corrected chi connectivity index (χ2v) is 8.63. The van der Waals surface area contributed by atoms with Crippen LogP contribution in [0.5, 0.6) is 0 Å². The average molecular weight is 337 g/mol. The topological polar surface area (TPSA) is 25.8 Å². The summed E-state index contributed by atoms with van der Waals surface area (Å²) in [5, 5.41) is 2.37. The molecule has 1 aromatic rings. The summed E-state index contributed by atoms with van der Waals surface area (Å²) in [5.41, 5.74) is 1.62. The van der Waals surface area contributed by atoms with Crippen molar-refractivity contribution >= 4 is 0 Å². The van der Waals surface area contributed by atoms with E-state index in [0.717, 1.165) is 32.0 Å². The van der Waals surface area contributed by atoms with Crippen LogP contribution in [0, 0.1) is 17.2 Å². The van der Waals surface area contributed by atoms with Crippen molar-refractivity contribution < 1.29 is 14.4 Å². The lowest BCUT2D eigenvalue weighted by Gasteiger charge is -2.45. The van der Waals surface area contributed by atoms with E-state index in [1.54, 1.807) is 12.1 Å². The summed E-state index contributed by atoms with van der Waals surface area (Å²) in [6.45, 7) is 12.1. The Morgan fingerprint density at radius 3 is 2.50 bits per heavy atom. The highest BCUT2D eigenvalue weighted by atomic mass is 19.1. The maximum absolute atomic E-state index is 13.0. The van der Waals surface area contributed by atoms with Crippen molar-refractivity contribution in [2.45, 2.75) is 71.9 Å². The van der Waals surface area contributed by atoms with Gasteiger partial charge in [0.25, 0.3) is 0 Å². The molecule has 3 heteroatoms. The van der Waals surface area contributed by atoms with Crippen LogP contribution >= 0.6 is 0 Å². The molecule has 24 heavy (non-hydrogen) atoms.